The minimum atomic E-state index is 0.243. The van der Waals surface area contributed by atoms with E-state index in [4.69, 9.17) is 0 Å². The van der Waals surface area contributed by atoms with Gasteiger partial charge in [0.25, 0.3) is 0 Å². The van der Waals surface area contributed by atoms with Gasteiger partial charge in [-0.25, -0.2) is 4.98 Å². The Hall–Kier alpha value is -1.70. The monoisotopic (exact) mass is 251 g/mol. The third kappa shape index (κ3) is 1.62. The van der Waals surface area contributed by atoms with Crippen LogP contribution < -0.4 is 0 Å². The van der Waals surface area contributed by atoms with Gasteiger partial charge in [0.15, 0.2) is 5.78 Å². The molecule has 2 aliphatic rings. The summed E-state index contributed by atoms with van der Waals surface area (Å²) in [4.78, 5) is 16.8. The van der Waals surface area contributed by atoms with Crippen LogP contribution in [0.4, 0.5) is 0 Å². The van der Waals surface area contributed by atoms with Crippen LogP contribution >= 0.6 is 0 Å². The normalized spacial score (nSPS) is 19.3. The zero-order valence-electron chi connectivity index (χ0n) is 11.0. The van der Waals surface area contributed by atoms with Crippen LogP contribution in [0.1, 0.15) is 59.6 Å². The van der Waals surface area contributed by atoms with Gasteiger partial charge >= 0.3 is 0 Å². The largest absolute Gasteiger partial charge is 0.292 e. The first kappa shape index (κ1) is 11.2. The van der Waals surface area contributed by atoms with E-state index >= 15 is 0 Å². The molecule has 0 N–H and O–H groups in total. The second-order valence-electron chi connectivity index (χ2n) is 5.77. The number of fused-ring (bicyclic) bond motifs is 2. The van der Waals surface area contributed by atoms with Gasteiger partial charge in [-0.05, 0) is 48.8 Å². The van der Waals surface area contributed by atoms with Crippen molar-refractivity contribution in [2.24, 2.45) is 0 Å². The number of nitrogens with zero attached hydrogens (tertiary/aromatic N) is 1. The van der Waals surface area contributed by atoms with Crippen molar-refractivity contribution in [3.05, 3.63) is 41.1 Å². The highest BCUT2D eigenvalue weighted by Crippen LogP contribution is 2.43. The molecule has 0 radical (unpaired) electrons. The molecule has 1 aromatic carbocycles. The van der Waals surface area contributed by atoms with Gasteiger partial charge in [0.05, 0.1) is 5.52 Å². The fourth-order valence-electron chi connectivity index (χ4n) is 3.47. The van der Waals surface area contributed by atoms with Gasteiger partial charge in [-0.3, -0.25) is 4.79 Å². The summed E-state index contributed by atoms with van der Waals surface area (Å²) in [5.41, 5.74) is 4.48. The molecule has 1 heterocycles. The predicted molar refractivity (Wildman–Crippen MR) is 75.6 cm³/mol. The lowest BCUT2D eigenvalue weighted by Gasteiger charge is -2.31. The second kappa shape index (κ2) is 4.16. The van der Waals surface area contributed by atoms with E-state index in [0.29, 0.717) is 12.3 Å². The van der Waals surface area contributed by atoms with Crippen molar-refractivity contribution in [2.75, 3.05) is 0 Å². The SMILES string of the molecule is O=C1CCCc2c1nc1ccccc1c2C1CCC1. The Labute approximate surface area is 112 Å². The van der Waals surface area contributed by atoms with Crippen LogP contribution in [0.2, 0.25) is 0 Å². The van der Waals surface area contributed by atoms with E-state index in [0.717, 1.165) is 24.1 Å². The minimum Gasteiger partial charge on any atom is -0.292 e. The van der Waals surface area contributed by atoms with E-state index in [9.17, 15) is 4.79 Å². The van der Waals surface area contributed by atoms with Crippen LogP contribution in [-0.2, 0) is 6.42 Å². The smallest absolute Gasteiger partial charge is 0.181 e. The summed E-state index contributed by atoms with van der Waals surface area (Å²) < 4.78 is 0. The molecule has 0 spiro atoms. The summed E-state index contributed by atoms with van der Waals surface area (Å²) in [5.74, 6) is 0.903. The summed E-state index contributed by atoms with van der Waals surface area (Å²) in [6.45, 7) is 0. The predicted octanol–water partition coefficient (Wildman–Crippen LogP) is 4.02. The number of ketones is 1. The summed E-state index contributed by atoms with van der Waals surface area (Å²) in [5, 5.41) is 1.28. The van der Waals surface area contributed by atoms with Gasteiger partial charge in [0.1, 0.15) is 5.69 Å². The fourth-order valence-corrected chi connectivity index (χ4v) is 3.47. The number of carbonyl (C=O) groups excluding carboxylic acids is 1. The molecule has 1 fully saturated rings. The van der Waals surface area contributed by atoms with E-state index in [-0.39, 0.29) is 5.78 Å². The number of rotatable bonds is 1. The molecule has 0 amide bonds. The Morgan fingerprint density at radius 1 is 1.05 bits per heavy atom. The van der Waals surface area contributed by atoms with Crippen molar-refractivity contribution >= 4 is 16.7 Å². The molecule has 0 unspecified atom stereocenters. The van der Waals surface area contributed by atoms with E-state index in [1.807, 2.05) is 12.1 Å². The molecule has 96 valence electrons. The second-order valence-corrected chi connectivity index (χ2v) is 5.77. The molecule has 2 heteroatoms. The average Bonchev–Trinajstić information content (AvgIpc) is 2.38. The molecule has 2 aromatic rings. The molecule has 4 rings (SSSR count). The van der Waals surface area contributed by atoms with Crippen LogP contribution in [0, 0.1) is 0 Å². The molecular weight excluding hydrogens is 234 g/mol. The van der Waals surface area contributed by atoms with E-state index < -0.39 is 0 Å². The Balaban J connectivity index is 2.06. The lowest BCUT2D eigenvalue weighted by Crippen LogP contribution is -2.20. The average molecular weight is 251 g/mol. The maximum absolute atomic E-state index is 12.1. The molecule has 1 saturated carbocycles. The van der Waals surface area contributed by atoms with Crippen molar-refractivity contribution < 1.29 is 4.79 Å². The zero-order chi connectivity index (χ0) is 12.8. The van der Waals surface area contributed by atoms with Crippen molar-refractivity contribution in [3.8, 4) is 0 Å². The van der Waals surface area contributed by atoms with Crippen LogP contribution in [0.5, 0.6) is 0 Å². The molecule has 0 aliphatic heterocycles. The third-order valence-corrected chi connectivity index (χ3v) is 4.65. The number of pyridine rings is 1. The first-order chi connectivity index (χ1) is 9.34. The summed E-state index contributed by atoms with van der Waals surface area (Å²) in [7, 11) is 0. The first-order valence-electron chi connectivity index (χ1n) is 7.29. The van der Waals surface area contributed by atoms with Crippen LogP contribution in [-0.4, -0.2) is 10.8 Å². The Morgan fingerprint density at radius 2 is 1.89 bits per heavy atom. The number of Topliss-reactive ketones (excluding diaryl/α,β-unsaturated/α-hetero) is 1. The van der Waals surface area contributed by atoms with Crippen molar-refractivity contribution in [3.63, 3.8) is 0 Å². The summed E-state index contributed by atoms with van der Waals surface area (Å²) in [6.07, 6.45) is 6.56. The lowest BCUT2D eigenvalue weighted by molar-refractivity contribution is 0.0967. The van der Waals surface area contributed by atoms with Gasteiger partial charge < -0.3 is 0 Å². The van der Waals surface area contributed by atoms with Gasteiger partial charge in [-0.15, -0.1) is 0 Å². The fraction of sp³-hybridized carbons (Fsp3) is 0.412. The van der Waals surface area contributed by atoms with Gasteiger partial charge in [-0.1, -0.05) is 24.6 Å². The van der Waals surface area contributed by atoms with E-state index in [1.165, 1.54) is 35.8 Å². The first-order valence-corrected chi connectivity index (χ1v) is 7.29. The highest BCUT2D eigenvalue weighted by molar-refractivity contribution is 6.00. The molecule has 0 saturated heterocycles. The molecule has 2 aliphatic carbocycles. The number of carbonyl (C=O) groups is 1. The van der Waals surface area contributed by atoms with E-state index in [2.05, 4.69) is 17.1 Å². The Kier molecular flexibility index (Phi) is 2.44. The van der Waals surface area contributed by atoms with Crippen LogP contribution in [0.15, 0.2) is 24.3 Å². The Bertz CT molecular complexity index is 670. The number of aromatic nitrogens is 1. The van der Waals surface area contributed by atoms with E-state index in [1.54, 1.807) is 0 Å². The lowest BCUT2D eigenvalue weighted by atomic mass is 9.74. The molecular formula is C17H17NO. The highest BCUT2D eigenvalue weighted by atomic mass is 16.1. The number of para-hydroxylation sites is 1. The Morgan fingerprint density at radius 3 is 2.68 bits per heavy atom. The van der Waals surface area contributed by atoms with Gasteiger partial charge in [-0.2, -0.15) is 0 Å². The van der Waals surface area contributed by atoms with Crippen molar-refractivity contribution in [1.82, 2.24) is 4.98 Å². The molecule has 0 bridgehead atoms. The topological polar surface area (TPSA) is 30.0 Å². The van der Waals surface area contributed by atoms with Gasteiger partial charge in [0, 0.05) is 11.8 Å². The highest BCUT2D eigenvalue weighted by Gasteiger charge is 2.29. The molecule has 2 nitrogen and oxygen atoms in total. The molecule has 1 aromatic heterocycles. The zero-order valence-corrected chi connectivity index (χ0v) is 11.0. The minimum absolute atomic E-state index is 0.243. The number of hydrogen-bond acceptors (Lipinski definition) is 2. The molecule has 0 atom stereocenters. The summed E-state index contributed by atoms with van der Waals surface area (Å²) >= 11 is 0. The quantitative estimate of drug-likeness (QED) is 0.766. The molecule has 19 heavy (non-hydrogen) atoms. The van der Waals surface area contributed by atoms with Crippen LogP contribution in [0.25, 0.3) is 10.9 Å². The van der Waals surface area contributed by atoms with Crippen LogP contribution in [0.3, 0.4) is 0 Å². The van der Waals surface area contributed by atoms with Gasteiger partial charge in [0.2, 0.25) is 0 Å². The number of hydrogen-bond donors (Lipinski definition) is 0. The van der Waals surface area contributed by atoms with Crippen molar-refractivity contribution in [1.29, 1.82) is 0 Å². The standard InChI is InChI=1S/C17H17NO/c19-15-10-4-8-13-16(11-5-3-6-11)12-7-1-2-9-14(12)18-17(13)15/h1-2,7,9,11H,3-6,8,10H2. The number of benzene rings is 1. The maximum Gasteiger partial charge on any atom is 0.181 e. The third-order valence-electron chi connectivity index (χ3n) is 4.65. The summed E-state index contributed by atoms with van der Waals surface area (Å²) in [6, 6.07) is 8.32. The van der Waals surface area contributed by atoms with Crippen molar-refractivity contribution in [2.45, 2.75) is 44.4 Å². The maximum atomic E-state index is 12.1.